The van der Waals surface area contributed by atoms with Crippen molar-refractivity contribution in [3.8, 4) is 11.5 Å². The first kappa shape index (κ1) is 30.6. The highest BCUT2D eigenvalue weighted by Gasteiger charge is 2.29. The first-order valence-electron chi connectivity index (χ1n) is 14.7. The summed E-state index contributed by atoms with van der Waals surface area (Å²) in [5.74, 6) is 1.05. The van der Waals surface area contributed by atoms with Crippen molar-refractivity contribution in [2.24, 2.45) is 5.92 Å². The molecule has 1 unspecified atom stereocenters. The number of methoxy groups -OCH3 is 1. The molecule has 2 aliphatic rings. The Hall–Kier alpha value is -3.47. The van der Waals surface area contributed by atoms with E-state index in [4.69, 9.17) is 17.3 Å². The van der Waals surface area contributed by atoms with E-state index >= 15 is 4.39 Å². The Morgan fingerprint density at radius 2 is 1.68 bits per heavy atom. The summed E-state index contributed by atoms with van der Waals surface area (Å²) >= 11 is 1.88. The lowest BCUT2D eigenvalue weighted by Gasteiger charge is -2.36. The van der Waals surface area contributed by atoms with E-state index in [2.05, 4.69) is 4.90 Å². The fraction of sp³-hybridized carbons (Fsp3) is 0.278. The van der Waals surface area contributed by atoms with Gasteiger partial charge in [-0.1, -0.05) is 42.5 Å². The van der Waals surface area contributed by atoms with Crippen LogP contribution in [0.25, 0.3) is 11.1 Å². The summed E-state index contributed by atoms with van der Waals surface area (Å²) in [6.45, 7) is 3.86. The predicted octanol–water partition coefficient (Wildman–Crippen LogP) is 8.76. The minimum Gasteiger partial charge on any atom is -0.489 e. The minimum atomic E-state index is -0.285. The van der Waals surface area contributed by atoms with E-state index in [0.717, 1.165) is 46.2 Å². The largest absolute Gasteiger partial charge is 0.489 e. The first-order chi connectivity index (χ1) is 21.4. The van der Waals surface area contributed by atoms with Crippen molar-refractivity contribution in [2.75, 3.05) is 31.7 Å². The van der Waals surface area contributed by atoms with Gasteiger partial charge < -0.3 is 19.1 Å². The molecule has 0 radical (unpaired) electrons. The van der Waals surface area contributed by atoms with Crippen LogP contribution in [0, 0.1) is 24.5 Å². The van der Waals surface area contributed by atoms with Gasteiger partial charge in [0.15, 0.2) is 6.29 Å². The van der Waals surface area contributed by atoms with Crippen LogP contribution in [0.5, 0.6) is 11.5 Å². The first-order valence-corrected chi connectivity index (χ1v) is 15.6. The van der Waals surface area contributed by atoms with E-state index in [1.165, 1.54) is 6.07 Å². The van der Waals surface area contributed by atoms with Crippen LogP contribution in [0.3, 0.4) is 0 Å². The highest BCUT2D eigenvalue weighted by molar-refractivity contribution is 14.1. The number of hydrogen-bond donors (Lipinski definition) is 0. The van der Waals surface area contributed by atoms with Gasteiger partial charge in [0.2, 0.25) is 0 Å². The van der Waals surface area contributed by atoms with E-state index < -0.39 is 0 Å². The Morgan fingerprint density at radius 1 is 0.909 bits per heavy atom. The molecule has 2 heterocycles. The number of fused-ring (bicyclic) bond motifs is 1. The van der Waals surface area contributed by atoms with Crippen LogP contribution < -0.4 is 14.4 Å². The number of ether oxygens (including phenoxy) is 3. The van der Waals surface area contributed by atoms with Gasteiger partial charge in [0.25, 0.3) is 0 Å². The van der Waals surface area contributed by atoms with Crippen LogP contribution in [-0.2, 0) is 14.4 Å². The lowest BCUT2D eigenvalue weighted by Crippen LogP contribution is -2.39. The number of aryl methyl sites for hydroxylation is 1. The second kappa shape index (κ2) is 13.7. The lowest BCUT2D eigenvalue weighted by molar-refractivity contribution is -0.0731. The standard InChI is InChI=1S/C36H34F2INO4/c1-23-18-26(8-12-31(23)37)30-22-43-34-20-28(42-21-24-6-4-3-5-7-24)10-11-29(34)35(30)27-9-13-33(32(38)19-27)40-16-14-25(15-17-40)36(41-2)44-39/h3-13,18-20,25,36H,14-17,21-22H2,1-2H3. The quantitative estimate of drug-likeness (QED) is 0.129. The number of hydrogen-bond acceptors (Lipinski definition) is 5. The molecule has 0 N–H and O–H groups in total. The lowest BCUT2D eigenvalue weighted by atomic mass is 9.87. The van der Waals surface area contributed by atoms with Gasteiger partial charge in [-0.25, -0.2) is 8.78 Å². The van der Waals surface area contributed by atoms with Gasteiger partial charge in [-0.3, -0.25) is 3.07 Å². The topological polar surface area (TPSA) is 40.2 Å². The molecule has 0 bridgehead atoms. The van der Waals surface area contributed by atoms with Crippen LogP contribution >= 0.6 is 23.0 Å². The molecule has 5 nitrogen and oxygen atoms in total. The van der Waals surface area contributed by atoms with Crippen molar-refractivity contribution in [2.45, 2.75) is 32.7 Å². The van der Waals surface area contributed by atoms with Gasteiger partial charge in [-0.2, -0.15) is 0 Å². The Bertz CT molecular complexity index is 1650. The zero-order valence-corrected chi connectivity index (χ0v) is 26.9. The molecular formula is C36H34F2INO4. The van der Waals surface area contributed by atoms with Crippen LogP contribution in [0.4, 0.5) is 14.5 Å². The molecule has 4 aromatic carbocycles. The normalized spacial score (nSPS) is 16.0. The molecule has 0 saturated carbocycles. The Kier molecular flexibility index (Phi) is 9.49. The van der Waals surface area contributed by atoms with Crippen molar-refractivity contribution in [1.82, 2.24) is 0 Å². The van der Waals surface area contributed by atoms with Gasteiger partial charge >= 0.3 is 0 Å². The summed E-state index contributed by atoms with van der Waals surface area (Å²) in [6, 6.07) is 26.2. The van der Waals surface area contributed by atoms with Gasteiger partial charge in [-0.15, -0.1) is 0 Å². The zero-order valence-electron chi connectivity index (χ0n) is 24.7. The van der Waals surface area contributed by atoms with E-state index in [-0.39, 0.29) is 30.4 Å². The molecule has 4 aromatic rings. The molecule has 1 saturated heterocycles. The van der Waals surface area contributed by atoms with Crippen molar-refractivity contribution in [3.63, 3.8) is 0 Å². The summed E-state index contributed by atoms with van der Waals surface area (Å²) in [5, 5.41) is 0. The number of piperidine rings is 1. The summed E-state index contributed by atoms with van der Waals surface area (Å²) in [7, 11) is 1.65. The van der Waals surface area contributed by atoms with Gasteiger partial charge in [0.1, 0.15) is 59.4 Å². The van der Waals surface area contributed by atoms with Crippen LogP contribution in [0.2, 0.25) is 0 Å². The number of nitrogens with zero attached hydrogens (tertiary/aromatic N) is 1. The monoisotopic (exact) mass is 709 g/mol. The SMILES string of the molecule is COC(OI)C1CCN(c2ccc(C3=C(c4ccc(F)c(C)c4)COc4cc(OCc5ccccc5)ccc43)cc2F)CC1. The van der Waals surface area contributed by atoms with E-state index in [1.807, 2.05) is 89.7 Å². The van der Waals surface area contributed by atoms with Gasteiger partial charge in [0, 0.05) is 43.3 Å². The summed E-state index contributed by atoms with van der Waals surface area (Å²) in [4.78, 5) is 2.09. The summed E-state index contributed by atoms with van der Waals surface area (Å²) in [6.07, 6.45) is 1.44. The fourth-order valence-corrected chi connectivity index (χ4v) is 6.69. The molecule has 1 fully saturated rings. The molecule has 6 rings (SSSR count). The van der Waals surface area contributed by atoms with Crippen molar-refractivity contribution in [1.29, 1.82) is 0 Å². The number of halogens is 3. The van der Waals surface area contributed by atoms with Crippen LogP contribution in [0.15, 0.2) is 84.9 Å². The number of rotatable bonds is 9. The maximum atomic E-state index is 15.9. The molecular weight excluding hydrogens is 675 g/mol. The van der Waals surface area contributed by atoms with E-state index in [9.17, 15) is 4.39 Å². The van der Waals surface area contributed by atoms with Crippen LogP contribution in [0.1, 0.15) is 40.7 Å². The molecule has 228 valence electrons. The molecule has 8 heteroatoms. The maximum Gasteiger partial charge on any atom is 0.171 e. The Balaban J connectivity index is 1.33. The average Bonchev–Trinajstić information content (AvgIpc) is 3.06. The highest BCUT2D eigenvalue weighted by atomic mass is 127. The molecule has 0 spiro atoms. The van der Waals surface area contributed by atoms with Crippen molar-refractivity contribution >= 4 is 39.8 Å². The summed E-state index contributed by atoms with van der Waals surface area (Å²) in [5.41, 5.74) is 6.32. The smallest absolute Gasteiger partial charge is 0.171 e. The third-order valence-corrected chi connectivity index (χ3v) is 8.97. The third-order valence-electron chi connectivity index (χ3n) is 8.47. The zero-order chi connectivity index (χ0) is 30.6. The highest BCUT2D eigenvalue weighted by Crippen LogP contribution is 2.43. The Morgan fingerprint density at radius 3 is 2.39 bits per heavy atom. The second-order valence-electron chi connectivity index (χ2n) is 11.2. The van der Waals surface area contributed by atoms with Gasteiger partial charge in [0.05, 0.1) is 5.69 Å². The Labute approximate surface area is 271 Å². The molecule has 44 heavy (non-hydrogen) atoms. The molecule has 0 amide bonds. The number of benzene rings is 4. The van der Waals surface area contributed by atoms with Gasteiger partial charge in [-0.05, 0) is 84.0 Å². The van der Waals surface area contributed by atoms with Crippen molar-refractivity contribution in [3.05, 3.63) is 124 Å². The fourth-order valence-electron chi connectivity index (χ4n) is 6.07. The predicted molar refractivity (Wildman–Crippen MR) is 177 cm³/mol. The van der Waals surface area contributed by atoms with Crippen molar-refractivity contribution < 1.29 is 26.1 Å². The van der Waals surface area contributed by atoms with E-state index in [1.54, 1.807) is 26.2 Å². The summed E-state index contributed by atoms with van der Waals surface area (Å²) < 4.78 is 53.3. The molecule has 1 atom stereocenters. The molecule has 0 aromatic heterocycles. The van der Waals surface area contributed by atoms with Crippen LogP contribution in [-0.4, -0.2) is 33.1 Å². The minimum absolute atomic E-state index is 0.256. The third kappa shape index (κ3) is 6.48. The average molecular weight is 710 g/mol. The van der Waals surface area contributed by atoms with E-state index in [0.29, 0.717) is 42.4 Å². The molecule has 2 aliphatic heterocycles. The molecule has 0 aliphatic carbocycles. The number of anilines is 1. The second-order valence-corrected chi connectivity index (χ2v) is 11.7. The maximum absolute atomic E-state index is 15.9.